The fourth-order valence-electron chi connectivity index (χ4n) is 1.38. The maximum atomic E-state index is 10.8. The second kappa shape index (κ2) is 3.63. The number of pyridine rings is 1. The maximum absolute atomic E-state index is 10.8. The van der Waals surface area contributed by atoms with Crippen molar-refractivity contribution in [1.82, 2.24) is 9.38 Å². The Bertz CT molecular complexity index is 535. The summed E-state index contributed by atoms with van der Waals surface area (Å²) < 4.78 is 2.34. The summed E-state index contributed by atoms with van der Waals surface area (Å²) in [5.41, 5.74) is 6.52. The largest absolute Gasteiger partial charge is 0.478 e. The predicted octanol–water partition coefficient (Wildman–Crippen LogP) is 1.25. The van der Waals surface area contributed by atoms with Crippen molar-refractivity contribution in [1.29, 1.82) is 0 Å². The highest BCUT2D eigenvalue weighted by molar-refractivity contribution is 9.10. The summed E-state index contributed by atoms with van der Waals surface area (Å²) in [5.74, 6) is -0.343. The first-order chi connectivity index (χ1) is 7.13. The van der Waals surface area contributed by atoms with Crippen LogP contribution in [0.3, 0.4) is 0 Å². The van der Waals surface area contributed by atoms with Crippen LogP contribution in [-0.4, -0.2) is 20.5 Å². The molecule has 2 heterocycles. The van der Waals surface area contributed by atoms with E-state index in [9.17, 15) is 4.79 Å². The lowest BCUT2D eigenvalue weighted by Gasteiger charge is -1.99. The number of carbonyl (C=O) groups is 1. The number of rotatable bonds is 2. The van der Waals surface area contributed by atoms with Crippen molar-refractivity contribution in [2.45, 2.75) is 6.54 Å². The number of aromatic carboxylic acids is 1. The molecule has 0 aliphatic carbocycles. The number of halogens is 1. The molecule has 0 saturated heterocycles. The molecular weight excluding hydrogens is 262 g/mol. The van der Waals surface area contributed by atoms with E-state index in [4.69, 9.17) is 10.8 Å². The Morgan fingerprint density at radius 2 is 2.33 bits per heavy atom. The van der Waals surface area contributed by atoms with Gasteiger partial charge in [0.25, 0.3) is 0 Å². The van der Waals surface area contributed by atoms with Gasteiger partial charge in [-0.2, -0.15) is 0 Å². The molecule has 0 aliphatic rings. The van der Waals surface area contributed by atoms with E-state index in [-0.39, 0.29) is 12.1 Å². The Morgan fingerprint density at radius 1 is 1.60 bits per heavy atom. The zero-order valence-electron chi connectivity index (χ0n) is 7.64. The van der Waals surface area contributed by atoms with E-state index in [2.05, 4.69) is 20.9 Å². The average molecular weight is 270 g/mol. The minimum atomic E-state index is -0.968. The van der Waals surface area contributed by atoms with Crippen molar-refractivity contribution in [3.05, 3.63) is 34.3 Å². The number of hydrogen-bond acceptors (Lipinski definition) is 3. The molecule has 3 N–H and O–H groups in total. The summed E-state index contributed by atoms with van der Waals surface area (Å²) in [6.45, 7) is 0.260. The highest BCUT2D eigenvalue weighted by Gasteiger charge is 2.10. The van der Waals surface area contributed by atoms with E-state index >= 15 is 0 Å². The minimum Gasteiger partial charge on any atom is -0.478 e. The molecule has 0 aliphatic heterocycles. The average Bonchev–Trinajstić information content (AvgIpc) is 2.55. The van der Waals surface area contributed by atoms with E-state index in [0.29, 0.717) is 10.4 Å². The second-order valence-electron chi connectivity index (χ2n) is 3.00. The van der Waals surface area contributed by atoms with Crippen molar-refractivity contribution in [2.24, 2.45) is 5.73 Å². The Labute approximate surface area is 93.7 Å². The molecule has 0 fully saturated rings. The number of carboxylic acids is 1. The lowest BCUT2D eigenvalue weighted by atomic mass is 10.3. The zero-order valence-corrected chi connectivity index (χ0v) is 9.23. The van der Waals surface area contributed by atoms with Gasteiger partial charge < -0.3 is 15.2 Å². The van der Waals surface area contributed by atoms with Crippen LogP contribution in [0.5, 0.6) is 0 Å². The summed E-state index contributed by atoms with van der Waals surface area (Å²) >= 11 is 3.29. The fourth-order valence-corrected chi connectivity index (χ4v) is 1.91. The van der Waals surface area contributed by atoms with Gasteiger partial charge in [0.1, 0.15) is 10.4 Å². The first-order valence-electron chi connectivity index (χ1n) is 4.23. The second-order valence-corrected chi connectivity index (χ2v) is 3.75. The Hall–Kier alpha value is -1.40. The highest BCUT2D eigenvalue weighted by Crippen LogP contribution is 2.19. The van der Waals surface area contributed by atoms with Crippen molar-refractivity contribution >= 4 is 27.4 Å². The van der Waals surface area contributed by atoms with Crippen molar-refractivity contribution in [3.63, 3.8) is 0 Å². The van der Waals surface area contributed by atoms with Gasteiger partial charge in [-0.3, -0.25) is 0 Å². The SMILES string of the molecule is NCc1nc(Br)c2ccc(C(=O)O)cn12. The van der Waals surface area contributed by atoms with E-state index in [0.717, 1.165) is 5.52 Å². The van der Waals surface area contributed by atoms with Crippen molar-refractivity contribution in [3.8, 4) is 0 Å². The van der Waals surface area contributed by atoms with Crippen LogP contribution in [0, 0.1) is 0 Å². The van der Waals surface area contributed by atoms with E-state index < -0.39 is 5.97 Å². The van der Waals surface area contributed by atoms with E-state index in [1.165, 1.54) is 12.3 Å². The summed E-state index contributed by atoms with van der Waals surface area (Å²) in [4.78, 5) is 14.9. The van der Waals surface area contributed by atoms with Crippen LogP contribution in [0.1, 0.15) is 16.2 Å². The van der Waals surface area contributed by atoms with Gasteiger partial charge in [-0.15, -0.1) is 0 Å². The van der Waals surface area contributed by atoms with Gasteiger partial charge in [0.15, 0.2) is 0 Å². The summed E-state index contributed by atoms with van der Waals surface area (Å²) in [5, 5.41) is 8.84. The monoisotopic (exact) mass is 269 g/mol. The van der Waals surface area contributed by atoms with Gasteiger partial charge >= 0.3 is 5.97 Å². The smallest absolute Gasteiger partial charge is 0.337 e. The summed E-state index contributed by atoms with van der Waals surface area (Å²) in [6, 6.07) is 3.23. The molecule has 0 bridgehead atoms. The van der Waals surface area contributed by atoms with Gasteiger partial charge in [-0.1, -0.05) is 0 Å². The zero-order chi connectivity index (χ0) is 11.0. The Kier molecular flexibility index (Phi) is 2.45. The van der Waals surface area contributed by atoms with E-state index in [1.807, 2.05) is 0 Å². The number of fused-ring (bicyclic) bond motifs is 1. The lowest BCUT2D eigenvalue weighted by molar-refractivity contribution is 0.0696. The molecule has 0 atom stereocenters. The first kappa shape index (κ1) is 10.1. The van der Waals surface area contributed by atoms with Gasteiger partial charge in [0, 0.05) is 6.20 Å². The molecule has 6 heteroatoms. The molecule has 2 aromatic rings. The number of imidazole rings is 1. The van der Waals surface area contributed by atoms with Crippen molar-refractivity contribution in [2.75, 3.05) is 0 Å². The third-order valence-electron chi connectivity index (χ3n) is 2.09. The minimum absolute atomic E-state index is 0.210. The first-order valence-corrected chi connectivity index (χ1v) is 5.02. The third kappa shape index (κ3) is 1.62. The molecule has 15 heavy (non-hydrogen) atoms. The molecule has 0 radical (unpaired) electrons. The van der Waals surface area contributed by atoms with Crippen LogP contribution in [0.4, 0.5) is 0 Å². The standard InChI is InChI=1S/C9H8BrN3O2/c10-8-6-2-1-5(9(14)15)4-13(6)7(3-11)12-8/h1-2,4H,3,11H2,(H,14,15). The van der Waals surface area contributed by atoms with Gasteiger partial charge in [0.2, 0.25) is 0 Å². The van der Waals surface area contributed by atoms with Crippen LogP contribution in [0.25, 0.3) is 5.52 Å². The predicted molar refractivity (Wildman–Crippen MR) is 57.7 cm³/mol. The number of nitrogens with two attached hydrogens (primary N) is 1. The van der Waals surface area contributed by atoms with Gasteiger partial charge in [0.05, 0.1) is 17.6 Å². The Balaban J connectivity index is 2.73. The normalized spacial score (nSPS) is 10.8. The van der Waals surface area contributed by atoms with Gasteiger partial charge in [-0.25, -0.2) is 9.78 Å². The highest BCUT2D eigenvalue weighted by atomic mass is 79.9. The van der Waals surface area contributed by atoms with Crippen LogP contribution in [0.2, 0.25) is 0 Å². The molecule has 2 rings (SSSR count). The van der Waals surface area contributed by atoms with Crippen molar-refractivity contribution < 1.29 is 9.90 Å². The lowest BCUT2D eigenvalue weighted by Crippen LogP contribution is -2.04. The topological polar surface area (TPSA) is 80.6 Å². The van der Waals surface area contributed by atoms with Crippen LogP contribution < -0.4 is 5.73 Å². The number of hydrogen-bond donors (Lipinski definition) is 2. The molecule has 0 unspecified atom stereocenters. The molecule has 0 aromatic carbocycles. The fraction of sp³-hybridized carbons (Fsp3) is 0.111. The molecule has 0 saturated carbocycles. The molecule has 2 aromatic heterocycles. The number of carboxylic acid groups (broad SMARTS) is 1. The maximum Gasteiger partial charge on any atom is 0.337 e. The van der Waals surface area contributed by atoms with Crippen LogP contribution >= 0.6 is 15.9 Å². The Morgan fingerprint density at radius 3 is 2.93 bits per heavy atom. The summed E-state index contributed by atoms with van der Waals surface area (Å²) in [6.07, 6.45) is 1.51. The molecular formula is C9H8BrN3O2. The number of nitrogens with zero attached hydrogens (tertiary/aromatic N) is 2. The van der Waals surface area contributed by atoms with Gasteiger partial charge in [-0.05, 0) is 28.1 Å². The molecule has 0 spiro atoms. The van der Waals surface area contributed by atoms with Crippen LogP contribution in [0.15, 0.2) is 22.9 Å². The molecule has 5 nitrogen and oxygen atoms in total. The summed E-state index contributed by atoms with van der Waals surface area (Å²) in [7, 11) is 0. The van der Waals surface area contributed by atoms with E-state index in [1.54, 1.807) is 10.5 Å². The quantitative estimate of drug-likeness (QED) is 0.860. The molecule has 0 amide bonds. The molecule has 78 valence electrons. The third-order valence-corrected chi connectivity index (χ3v) is 2.68. The number of aromatic nitrogens is 2. The van der Waals surface area contributed by atoms with Crippen LogP contribution in [-0.2, 0) is 6.54 Å².